The number of aromatic nitrogens is 4. The van der Waals surface area contributed by atoms with E-state index < -0.39 is 0 Å². The fourth-order valence-corrected chi connectivity index (χ4v) is 4.62. The number of carbonyl (C=O) groups excluding carboxylic acids is 1. The zero-order chi connectivity index (χ0) is 22.1. The van der Waals surface area contributed by atoms with Crippen LogP contribution in [-0.4, -0.2) is 31.3 Å². The summed E-state index contributed by atoms with van der Waals surface area (Å²) >= 11 is 0. The Balaban J connectivity index is 1.24. The van der Waals surface area contributed by atoms with Crippen molar-refractivity contribution in [1.29, 1.82) is 0 Å². The van der Waals surface area contributed by atoms with Crippen molar-refractivity contribution in [1.82, 2.24) is 24.6 Å². The van der Waals surface area contributed by atoms with E-state index in [2.05, 4.69) is 15.4 Å². The maximum atomic E-state index is 13.1. The Morgan fingerprint density at radius 3 is 2.78 bits per heavy atom. The van der Waals surface area contributed by atoms with E-state index >= 15 is 0 Å². The third-order valence-corrected chi connectivity index (χ3v) is 6.43. The van der Waals surface area contributed by atoms with Crippen LogP contribution in [0.25, 0.3) is 0 Å². The zero-order valence-corrected chi connectivity index (χ0v) is 17.9. The average molecular weight is 436 g/mol. The Bertz CT molecular complexity index is 1200. The third-order valence-electron chi connectivity index (χ3n) is 6.43. The van der Waals surface area contributed by atoms with E-state index in [1.54, 1.807) is 22.9 Å². The number of rotatable bonds is 4. The Kier molecular flexibility index (Phi) is 5.59. The van der Waals surface area contributed by atoms with E-state index in [-0.39, 0.29) is 23.5 Å². The first-order chi connectivity index (χ1) is 15.6. The largest absolute Gasteiger partial charge is 0.349 e. The van der Waals surface area contributed by atoms with Crippen LogP contribution >= 0.6 is 0 Å². The van der Waals surface area contributed by atoms with Crippen LogP contribution in [0.2, 0.25) is 0 Å². The number of halogens is 1. The molecule has 32 heavy (non-hydrogen) atoms. The van der Waals surface area contributed by atoms with Gasteiger partial charge in [0.25, 0.3) is 5.91 Å². The van der Waals surface area contributed by atoms with E-state index in [4.69, 9.17) is 0 Å². The second-order valence-corrected chi connectivity index (χ2v) is 8.67. The molecule has 2 aliphatic rings. The number of benzene rings is 1. The molecule has 1 aromatic carbocycles. The molecule has 166 valence electrons. The molecule has 1 aliphatic carbocycles. The molecule has 1 unspecified atom stereocenters. The van der Waals surface area contributed by atoms with Crippen molar-refractivity contribution >= 4 is 5.91 Å². The molecular weight excluding hydrogens is 409 g/mol. The summed E-state index contributed by atoms with van der Waals surface area (Å²) < 4.78 is 16.2. The lowest BCUT2D eigenvalue weighted by Gasteiger charge is -2.18. The quantitative estimate of drug-likeness (QED) is 0.683. The fourth-order valence-electron chi connectivity index (χ4n) is 4.62. The first-order valence-electron chi connectivity index (χ1n) is 11.3. The molecule has 0 radical (unpaired) electrons. The zero-order valence-electron chi connectivity index (χ0n) is 17.9. The number of aryl methyl sites for hydroxylation is 3. The lowest BCUT2D eigenvalue weighted by atomic mass is 9.95. The molecule has 1 aliphatic heterocycles. The molecule has 3 aromatic rings. The summed E-state index contributed by atoms with van der Waals surface area (Å²) in [5.41, 5.74) is 3.56. The fraction of sp³-hybridized carbons (Fsp3) is 0.417. The summed E-state index contributed by atoms with van der Waals surface area (Å²) in [6.07, 6.45) is 7.95. The highest BCUT2D eigenvalue weighted by Gasteiger charge is 2.23. The van der Waals surface area contributed by atoms with Gasteiger partial charge in [0.1, 0.15) is 11.6 Å². The number of hydrogen-bond acceptors (Lipinski definition) is 4. The third kappa shape index (κ3) is 4.22. The summed E-state index contributed by atoms with van der Waals surface area (Å²) in [5, 5.41) is 7.62. The number of carbonyl (C=O) groups is 1. The second-order valence-electron chi connectivity index (χ2n) is 8.67. The molecule has 8 heteroatoms. The number of hydrogen-bond donors (Lipinski definition) is 1. The lowest BCUT2D eigenvalue weighted by molar-refractivity contribution is 0.0932. The van der Waals surface area contributed by atoms with Crippen LogP contribution < -0.4 is 11.0 Å². The van der Waals surface area contributed by atoms with E-state index in [0.717, 1.165) is 49.2 Å². The number of pyridine rings is 1. The van der Waals surface area contributed by atoms with Crippen LogP contribution in [-0.2, 0) is 32.4 Å². The van der Waals surface area contributed by atoms with E-state index in [1.165, 1.54) is 22.4 Å². The SMILES string of the molecule is O=C(NC1CCc2nn(Cc3ccc(F)cc3)c(=O)n2CC1)c1cnc2c(c1)CCCC2. The number of amides is 1. The van der Waals surface area contributed by atoms with Gasteiger partial charge in [-0.3, -0.25) is 14.3 Å². The Hall–Kier alpha value is -3.29. The molecule has 0 spiro atoms. The van der Waals surface area contributed by atoms with Gasteiger partial charge in [-0.15, -0.1) is 0 Å². The molecule has 0 saturated carbocycles. The van der Waals surface area contributed by atoms with E-state index in [9.17, 15) is 14.0 Å². The van der Waals surface area contributed by atoms with Gasteiger partial charge in [-0.25, -0.2) is 13.9 Å². The molecule has 0 fully saturated rings. The summed E-state index contributed by atoms with van der Waals surface area (Å²) in [4.78, 5) is 30.1. The first kappa shape index (κ1) is 20.6. The topological polar surface area (TPSA) is 81.8 Å². The molecule has 1 atom stereocenters. The number of nitrogens with one attached hydrogen (secondary N) is 1. The highest BCUT2D eigenvalue weighted by Crippen LogP contribution is 2.20. The van der Waals surface area contributed by atoms with Crippen molar-refractivity contribution < 1.29 is 9.18 Å². The van der Waals surface area contributed by atoms with Gasteiger partial charge in [0.05, 0.1) is 12.1 Å². The number of nitrogens with zero attached hydrogens (tertiary/aromatic N) is 4. The van der Waals surface area contributed by atoms with Gasteiger partial charge in [0.2, 0.25) is 0 Å². The Morgan fingerprint density at radius 2 is 1.94 bits per heavy atom. The minimum atomic E-state index is -0.305. The minimum absolute atomic E-state index is 0.0230. The predicted octanol–water partition coefficient (Wildman–Crippen LogP) is 2.64. The molecule has 0 saturated heterocycles. The van der Waals surface area contributed by atoms with Gasteiger partial charge < -0.3 is 5.32 Å². The van der Waals surface area contributed by atoms with Gasteiger partial charge in [-0.05, 0) is 67.9 Å². The van der Waals surface area contributed by atoms with Gasteiger partial charge in [-0.1, -0.05) is 12.1 Å². The maximum absolute atomic E-state index is 13.1. The number of fused-ring (bicyclic) bond motifs is 2. The minimum Gasteiger partial charge on any atom is -0.349 e. The van der Waals surface area contributed by atoms with Crippen LogP contribution in [0.4, 0.5) is 4.39 Å². The molecule has 1 N–H and O–H groups in total. The molecule has 2 aromatic heterocycles. The second kappa shape index (κ2) is 8.68. The maximum Gasteiger partial charge on any atom is 0.346 e. The van der Waals surface area contributed by atoms with Crippen molar-refractivity contribution in [2.45, 2.75) is 64.1 Å². The standard InChI is InChI=1S/C24H26FN5O2/c25-19-7-5-16(6-8-19)15-30-24(32)29-12-11-20(9-10-22(29)28-30)27-23(31)18-13-17-3-1-2-4-21(17)26-14-18/h5-8,13-14,20H,1-4,9-12,15H2,(H,27,31). The van der Waals surface area contributed by atoms with Crippen molar-refractivity contribution in [3.63, 3.8) is 0 Å². The predicted molar refractivity (Wildman–Crippen MR) is 117 cm³/mol. The van der Waals surface area contributed by atoms with Crippen molar-refractivity contribution in [2.75, 3.05) is 0 Å². The first-order valence-corrected chi connectivity index (χ1v) is 11.3. The summed E-state index contributed by atoms with van der Waals surface area (Å²) in [7, 11) is 0. The van der Waals surface area contributed by atoms with Crippen LogP contribution in [0, 0.1) is 5.82 Å². The monoisotopic (exact) mass is 435 g/mol. The summed E-state index contributed by atoms with van der Waals surface area (Å²) in [6, 6.07) is 8.04. The Morgan fingerprint density at radius 1 is 1.12 bits per heavy atom. The van der Waals surface area contributed by atoms with Crippen LogP contribution in [0.5, 0.6) is 0 Å². The molecular formula is C24H26FN5O2. The van der Waals surface area contributed by atoms with Crippen LogP contribution in [0.3, 0.4) is 0 Å². The van der Waals surface area contributed by atoms with Gasteiger partial charge in [-0.2, -0.15) is 5.10 Å². The van der Waals surface area contributed by atoms with Crippen molar-refractivity contribution in [2.24, 2.45) is 0 Å². The molecule has 7 nitrogen and oxygen atoms in total. The lowest BCUT2D eigenvalue weighted by Crippen LogP contribution is -2.36. The normalized spacial score (nSPS) is 17.8. The smallest absolute Gasteiger partial charge is 0.346 e. The highest BCUT2D eigenvalue weighted by atomic mass is 19.1. The van der Waals surface area contributed by atoms with Gasteiger partial charge in [0.15, 0.2) is 0 Å². The van der Waals surface area contributed by atoms with E-state index in [1.807, 2.05) is 6.07 Å². The summed E-state index contributed by atoms with van der Waals surface area (Å²) in [6.45, 7) is 0.815. The molecule has 5 rings (SSSR count). The Labute approximate surface area is 185 Å². The van der Waals surface area contributed by atoms with Gasteiger partial charge >= 0.3 is 5.69 Å². The van der Waals surface area contributed by atoms with E-state index in [0.29, 0.717) is 31.5 Å². The molecule has 1 amide bonds. The van der Waals surface area contributed by atoms with Crippen LogP contribution in [0.15, 0.2) is 41.3 Å². The van der Waals surface area contributed by atoms with Gasteiger partial charge in [0, 0.05) is 30.9 Å². The molecule has 3 heterocycles. The summed E-state index contributed by atoms with van der Waals surface area (Å²) in [5.74, 6) is 0.314. The van der Waals surface area contributed by atoms with Crippen LogP contribution in [0.1, 0.15) is 58.7 Å². The van der Waals surface area contributed by atoms with Crippen molar-refractivity contribution in [3.8, 4) is 0 Å². The average Bonchev–Trinajstić information content (AvgIpc) is 2.97. The van der Waals surface area contributed by atoms with Crippen molar-refractivity contribution in [3.05, 3.63) is 81.0 Å². The highest BCUT2D eigenvalue weighted by molar-refractivity contribution is 5.94. The molecule has 0 bridgehead atoms.